The molecule has 1 fully saturated rings. The number of nitrogens with zero attached hydrogens (tertiary/aromatic N) is 2. The first kappa shape index (κ1) is 17.8. The fourth-order valence-electron chi connectivity index (χ4n) is 2.48. The average molecular weight is 406 g/mol. The van der Waals surface area contributed by atoms with Crippen LogP contribution < -0.4 is 10.1 Å². The summed E-state index contributed by atoms with van der Waals surface area (Å²) in [5.74, 6) is 1.00. The standard InChI is InChI=1S/C18H20BrN3O3/c19-15-2-1-3-16(12-15)25-17-5-4-14(13-21-17)18(23)20-6-7-22-8-10-24-11-9-22/h1-5,12-13H,6-11H2,(H,20,23). The Kier molecular flexibility index (Phi) is 6.38. The highest BCUT2D eigenvalue weighted by molar-refractivity contribution is 9.10. The van der Waals surface area contributed by atoms with Crippen molar-refractivity contribution in [2.24, 2.45) is 0 Å². The maximum absolute atomic E-state index is 12.2. The van der Waals surface area contributed by atoms with Crippen LogP contribution in [0.4, 0.5) is 0 Å². The molecule has 2 aromatic rings. The van der Waals surface area contributed by atoms with Gasteiger partial charge in [-0.15, -0.1) is 0 Å². The smallest absolute Gasteiger partial charge is 0.252 e. The van der Waals surface area contributed by atoms with Gasteiger partial charge in [0.1, 0.15) is 5.75 Å². The molecule has 1 amide bonds. The predicted molar refractivity (Wildman–Crippen MR) is 98.0 cm³/mol. The number of carbonyl (C=O) groups excluding carboxylic acids is 1. The van der Waals surface area contributed by atoms with E-state index in [2.05, 4.69) is 31.1 Å². The molecule has 1 aromatic carbocycles. The third kappa shape index (κ3) is 5.52. The van der Waals surface area contributed by atoms with Crippen molar-refractivity contribution in [2.75, 3.05) is 39.4 Å². The Morgan fingerprint density at radius 3 is 2.84 bits per heavy atom. The minimum Gasteiger partial charge on any atom is -0.439 e. The molecule has 1 aliphatic heterocycles. The van der Waals surface area contributed by atoms with E-state index in [0.717, 1.165) is 37.3 Å². The maximum Gasteiger partial charge on any atom is 0.252 e. The van der Waals surface area contributed by atoms with Crippen LogP contribution in [0, 0.1) is 0 Å². The number of hydrogen-bond acceptors (Lipinski definition) is 5. The Labute approximate surface area is 155 Å². The molecular formula is C18H20BrN3O3. The van der Waals surface area contributed by atoms with Crippen molar-refractivity contribution in [3.63, 3.8) is 0 Å². The van der Waals surface area contributed by atoms with Gasteiger partial charge in [0.25, 0.3) is 5.91 Å². The summed E-state index contributed by atoms with van der Waals surface area (Å²) in [5.41, 5.74) is 0.517. The van der Waals surface area contributed by atoms with E-state index in [4.69, 9.17) is 9.47 Å². The lowest BCUT2D eigenvalue weighted by molar-refractivity contribution is 0.0383. The second-order valence-corrected chi connectivity index (χ2v) is 6.57. The molecule has 2 heterocycles. The summed E-state index contributed by atoms with van der Waals surface area (Å²) in [4.78, 5) is 18.6. The molecule has 3 rings (SSSR count). The number of pyridine rings is 1. The number of halogens is 1. The lowest BCUT2D eigenvalue weighted by atomic mass is 10.2. The number of carbonyl (C=O) groups is 1. The molecule has 25 heavy (non-hydrogen) atoms. The topological polar surface area (TPSA) is 63.7 Å². The summed E-state index contributed by atoms with van der Waals surface area (Å²) in [6.07, 6.45) is 1.53. The van der Waals surface area contributed by atoms with E-state index in [1.54, 1.807) is 12.1 Å². The largest absolute Gasteiger partial charge is 0.439 e. The Balaban J connectivity index is 1.48. The van der Waals surface area contributed by atoms with E-state index in [0.29, 0.717) is 23.7 Å². The predicted octanol–water partition coefficient (Wildman–Crippen LogP) is 2.70. The molecule has 7 heteroatoms. The van der Waals surface area contributed by atoms with Gasteiger partial charge >= 0.3 is 0 Å². The molecule has 1 aliphatic rings. The van der Waals surface area contributed by atoms with Crippen molar-refractivity contribution in [1.82, 2.24) is 15.2 Å². The number of nitrogens with one attached hydrogen (secondary N) is 1. The molecule has 0 spiro atoms. The van der Waals surface area contributed by atoms with Crippen LogP contribution in [0.1, 0.15) is 10.4 Å². The van der Waals surface area contributed by atoms with Crippen molar-refractivity contribution in [3.05, 3.63) is 52.6 Å². The van der Waals surface area contributed by atoms with E-state index >= 15 is 0 Å². The van der Waals surface area contributed by atoms with Crippen LogP contribution in [0.5, 0.6) is 11.6 Å². The van der Waals surface area contributed by atoms with Gasteiger partial charge in [0.2, 0.25) is 5.88 Å². The molecule has 0 atom stereocenters. The zero-order chi connectivity index (χ0) is 17.5. The van der Waals surface area contributed by atoms with E-state index < -0.39 is 0 Å². The number of rotatable bonds is 6. The van der Waals surface area contributed by atoms with E-state index in [1.807, 2.05) is 24.3 Å². The van der Waals surface area contributed by atoms with Gasteiger partial charge in [0.05, 0.1) is 18.8 Å². The minimum atomic E-state index is -0.130. The van der Waals surface area contributed by atoms with E-state index in [-0.39, 0.29) is 5.91 Å². The Morgan fingerprint density at radius 2 is 2.12 bits per heavy atom. The summed E-state index contributed by atoms with van der Waals surface area (Å²) < 4.78 is 11.9. The van der Waals surface area contributed by atoms with Crippen molar-refractivity contribution in [2.45, 2.75) is 0 Å². The summed E-state index contributed by atoms with van der Waals surface area (Å²) >= 11 is 3.40. The van der Waals surface area contributed by atoms with Crippen molar-refractivity contribution < 1.29 is 14.3 Å². The van der Waals surface area contributed by atoms with Crippen molar-refractivity contribution >= 4 is 21.8 Å². The van der Waals surface area contributed by atoms with Crippen molar-refractivity contribution in [3.8, 4) is 11.6 Å². The van der Waals surface area contributed by atoms with Crippen LogP contribution in [0.2, 0.25) is 0 Å². The van der Waals surface area contributed by atoms with Crippen LogP contribution in [0.3, 0.4) is 0 Å². The van der Waals surface area contributed by atoms with Crippen LogP contribution >= 0.6 is 15.9 Å². The van der Waals surface area contributed by atoms with Gasteiger partial charge < -0.3 is 14.8 Å². The Bertz CT molecular complexity index is 703. The third-order valence-corrected chi connectivity index (χ3v) is 4.33. The first-order valence-corrected chi connectivity index (χ1v) is 8.98. The second kappa shape index (κ2) is 8.94. The van der Waals surface area contributed by atoms with Crippen LogP contribution in [-0.2, 0) is 4.74 Å². The van der Waals surface area contributed by atoms with E-state index in [9.17, 15) is 4.79 Å². The van der Waals surface area contributed by atoms with Gasteiger partial charge in [-0.25, -0.2) is 4.98 Å². The number of aromatic nitrogens is 1. The minimum absolute atomic E-state index is 0.130. The number of morpholine rings is 1. The molecule has 1 saturated heterocycles. The maximum atomic E-state index is 12.2. The molecule has 1 aromatic heterocycles. The number of hydrogen-bond donors (Lipinski definition) is 1. The van der Waals surface area contributed by atoms with Crippen LogP contribution in [0.15, 0.2) is 47.1 Å². The molecule has 0 radical (unpaired) electrons. The molecule has 0 unspecified atom stereocenters. The molecule has 0 aliphatic carbocycles. The first-order valence-electron chi connectivity index (χ1n) is 8.18. The highest BCUT2D eigenvalue weighted by Gasteiger charge is 2.11. The van der Waals surface area contributed by atoms with Gasteiger partial charge in [-0.05, 0) is 24.3 Å². The van der Waals surface area contributed by atoms with Gasteiger partial charge in [0.15, 0.2) is 0 Å². The Hall–Kier alpha value is -1.96. The molecule has 0 saturated carbocycles. The molecular weight excluding hydrogens is 386 g/mol. The Morgan fingerprint density at radius 1 is 1.28 bits per heavy atom. The van der Waals surface area contributed by atoms with Crippen LogP contribution in [-0.4, -0.2) is 55.2 Å². The van der Waals surface area contributed by atoms with Crippen molar-refractivity contribution in [1.29, 1.82) is 0 Å². The zero-order valence-corrected chi connectivity index (χ0v) is 15.4. The number of benzene rings is 1. The lowest BCUT2D eigenvalue weighted by Crippen LogP contribution is -2.41. The highest BCUT2D eigenvalue weighted by Crippen LogP contribution is 2.22. The summed E-state index contributed by atoms with van der Waals surface area (Å²) in [6.45, 7) is 4.79. The SMILES string of the molecule is O=C(NCCN1CCOCC1)c1ccc(Oc2cccc(Br)c2)nc1. The lowest BCUT2D eigenvalue weighted by Gasteiger charge is -2.26. The molecule has 6 nitrogen and oxygen atoms in total. The fraction of sp³-hybridized carbons (Fsp3) is 0.333. The van der Waals surface area contributed by atoms with Gasteiger partial charge in [-0.2, -0.15) is 0 Å². The summed E-state index contributed by atoms with van der Waals surface area (Å²) in [6, 6.07) is 10.9. The van der Waals surface area contributed by atoms with E-state index in [1.165, 1.54) is 6.20 Å². The zero-order valence-electron chi connectivity index (χ0n) is 13.8. The molecule has 0 bridgehead atoms. The quantitative estimate of drug-likeness (QED) is 0.800. The summed E-state index contributed by atoms with van der Waals surface area (Å²) in [5, 5.41) is 2.91. The highest BCUT2D eigenvalue weighted by atomic mass is 79.9. The van der Waals surface area contributed by atoms with Gasteiger partial charge in [-0.3, -0.25) is 9.69 Å². The molecule has 132 valence electrons. The first-order chi connectivity index (χ1) is 12.2. The normalized spacial score (nSPS) is 14.9. The van der Waals surface area contributed by atoms with Gasteiger partial charge in [-0.1, -0.05) is 22.0 Å². The second-order valence-electron chi connectivity index (χ2n) is 5.65. The van der Waals surface area contributed by atoms with Gasteiger partial charge in [0, 0.05) is 42.9 Å². The third-order valence-electron chi connectivity index (χ3n) is 3.83. The monoisotopic (exact) mass is 405 g/mol. The summed E-state index contributed by atoms with van der Waals surface area (Å²) in [7, 11) is 0. The average Bonchev–Trinajstić information content (AvgIpc) is 2.63. The molecule has 1 N–H and O–H groups in total. The van der Waals surface area contributed by atoms with Crippen LogP contribution in [0.25, 0.3) is 0 Å². The number of ether oxygens (including phenoxy) is 2. The fourth-order valence-corrected chi connectivity index (χ4v) is 2.86. The number of amides is 1.